The van der Waals surface area contributed by atoms with E-state index in [1.165, 1.54) is 47.9 Å². The van der Waals surface area contributed by atoms with Gasteiger partial charge in [-0.05, 0) is 61.4 Å². The summed E-state index contributed by atoms with van der Waals surface area (Å²) in [5.41, 5.74) is 8.10. The summed E-state index contributed by atoms with van der Waals surface area (Å²) in [4.78, 5) is 3.96. The Balaban J connectivity index is 0. The molecule has 30 heavy (non-hydrogen) atoms. The third-order valence-electron chi connectivity index (χ3n) is 4.58. The molecule has 0 aliphatic heterocycles. The lowest BCUT2D eigenvalue weighted by molar-refractivity contribution is 0.805. The molecular weight excluding hydrogens is 362 g/mol. The van der Waals surface area contributed by atoms with E-state index < -0.39 is 0 Å². The summed E-state index contributed by atoms with van der Waals surface area (Å²) in [7, 11) is 0. The van der Waals surface area contributed by atoms with Gasteiger partial charge in [-0.25, -0.2) is 0 Å². The van der Waals surface area contributed by atoms with Crippen molar-refractivity contribution in [1.82, 2.24) is 4.98 Å². The Morgan fingerprint density at radius 3 is 1.70 bits per heavy atom. The van der Waals surface area contributed by atoms with Gasteiger partial charge in [0.05, 0.1) is 0 Å². The quantitative estimate of drug-likeness (QED) is 0.419. The van der Waals surface area contributed by atoms with E-state index >= 15 is 0 Å². The van der Waals surface area contributed by atoms with Gasteiger partial charge < -0.3 is 0 Å². The van der Waals surface area contributed by atoms with Gasteiger partial charge in [-0.3, -0.25) is 4.98 Å². The zero-order valence-electron chi connectivity index (χ0n) is 20.5. The summed E-state index contributed by atoms with van der Waals surface area (Å²) in [6, 6.07) is 12.8. The molecule has 0 atom stereocenters. The van der Waals surface area contributed by atoms with Crippen molar-refractivity contribution in [3.63, 3.8) is 0 Å². The van der Waals surface area contributed by atoms with E-state index in [1.807, 2.05) is 26.1 Å². The minimum atomic E-state index is 1.08. The SMILES string of the molecule is C#C.C=C(C)c1ccc(C(C)=C(CCC)CCC)cc1.CC.CCc1cccnc1. The highest BCUT2D eigenvalue weighted by Gasteiger charge is 2.04. The van der Waals surface area contributed by atoms with Crippen molar-refractivity contribution < 1.29 is 0 Å². The highest BCUT2D eigenvalue weighted by atomic mass is 14.6. The molecule has 1 heterocycles. The summed E-state index contributed by atoms with van der Waals surface area (Å²) in [6.07, 6.45) is 17.7. The predicted octanol–water partition coefficient (Wildman–Crippen LogP) is 9.01. The lowest BCUT2D eigenvalue weighted by Gasteiger charge is -2.12. The van der Waals surface area contributed by atoms with Crippen molar-refractivity contribution in [1.29, 1.82) is 0 Å². The molecule has 2 aromatic rings. The molecule has 1 nitrogen and oxygen atoms in total. The van der Waals surface area contributed by atoms with Crippen LogP contribution in [-0.2, 0) is 6.42 Å². The number of allylic oxidation sites excluding steroid dienone is 3. The van der Waals surface area contributed by atoms with Crippen LogP contribution in [0.25, 0.3) is 11.1 Å². The van der Waals surface area contributed by atoms with E-state index in [-0.39, 0.29) is 0 Å². The summed E-state index contributed by atoms with van der Waals surface area (Å²) < 4.78 is 0. The monoisotopic (exact) mass is 405 g/mol. The minimum absolute atomic E-state index is 1.08. The molecule has 0 aliphatic carbocycles. The fourth-order valence-corrected chi connectivity index (χ4v) is 2.92. The number of rotatable bonds is 7. The van der Waals surface area contributed by atoms with Crippen LogP contribution in [0.1, 0.15) is 90.8 Å². The number of aromatic nitrogens is 1. The number of nitrogens with zero attached hydrogens (tertiary/aromatic N) is 1. The molecule has 0 N–H and O–H groups in total. The van der Waals surface area contributed by atoms with Gasteiger partial charge in [-0.2, -0.15) is 0 Å². The molecule has 0 spiro atoms. The minimum Gasteiger partial charge on any atom is -0.264 e. The van der Waals surface area contributed by atoms with E-state index in [0.717, 1.165) is 12.0 Å². The third-order valence-corrected chi connectivity index (χ3v) is 4.58. The first-order valence-electron chi connectivity index (χ1n) is 11.2. The van der Waals surface area contributed by atoms with Gasteiger partial charge in [0.25, 0.3) is 0 Å². The molecule has 0 bridgehead atoms. The average Bonchev–Trinajstić information content (AvgIpc) is 2.82. The van der Waals surface area contributed by atoms with E-state index in [0.29, 0.717) is 0 Å². The maximum absolute atomic E-state index is 4.00. The molecule has 164 valence electrons. The van der Waals surface area contributed by atoms with Crippen LogP contribution in [-0.4, -0.2) is 4.98 Å². The smallest absolute Gasteiger partial charge is 0.0299 e. The molecule has 0 unspecified atom stereocenters. The van der Waals surface area contributed by atoms with Crippen LogP contribution in [0.5, 0.6) is 0 Å². The number of aryl methyl sites for hydroxylation is 1. The molecule has 0 saturated carbocycles. The molecule has 2 rings (SSSR count). The summed E-state index contributed by atoms with van der Waals surface area (Å²) in [6.45, 7) is 18.9. The fourth-order valence-electron chi connectivity index (χ4n) is 2.92. The van der Waals surface area contributed by atoms with Gasteiger partial charge in [0.15, 0.2) is 0 Å². The van der Waals surface area contributed by atoms with Gasteiger partial charge in [0, 0.05) is 12.4 Å². The van der Waals surface area contributed by atoms with Gasteiger partial charge in [-0.1, -0.05) is 95.5 Å². The first-order valence-corrected chi connectivity index (χ1v) is 11.2. The van der Waals surface area contributed by atoms with Crippen LogP contribution >= 0.6 is 0 Å². The molecule has 1 aromatic heterocycles. The van der Waals surface area contributed by atoms with Crippen LogP contribution in [0.3, 0.4) is 0 Å². The Morgan fingerprint density at radius 1 is 0.867 bits per heavy atom. The Hall–Kier alpha value is -2.59. The Kier molecular flexibility index (Phi) is 19.5. The number of benzene rings is 1. The van der Waals surface area contributed by atoms with E-state index in [2.05, 4.69) is 89.4 Å². The van der Waals surface area contributed by atoms with E-state index in [9.17, 15) is 0 Å². The summed E-state index contributed by atoms with van der Waals surface area (Å²) >= 11 is 0. The Morgan fingerprint density at radius 2 is 1.37 bits per heavy atom. The first kappa shape index (κ1) is 29.6. The van der Waals surface area contributed by atoms with Crippen molar-refractivity contribution >= 4 is 11.1 Å². The largest absolute Gasteiger partial charge is 0.264 e. The lowest BCUT2D eigenvalue weighted by atomic mass is 9.94. The lowest BCUT2D eigenvalue weighted by Crippen LogP contribution is -1.90. The van der Waals surface area contributed by atoms with Crippen molar-refractivity contribution in [2.24, 2.45) is 0 Å². The highest BCUT2D eigenvalue weighted by Crippen LogP contribution is 2.26. The molecule has 0 aliphatic rings. The molecule has 0 radical (unpaired) electrons. The van der Waals surface area contributed by atoms with Gasteiger partial charge in [0.2, 0.25) is 0 Å². The summed E-state index contributed by atoms with van der Waals surface area (Å²) in [5.74, 6) is 0. The maximum atomic E-state index is 4.00. The van der Waals surface area contributed by atoms with Gasteiger partial charge >= 0.3 is 0 Å². The van der Waals surface area contributed by atoms with E-state index in [1.54, 1.807) is 11.8 Å². The van der Waals surface area contributed by atoms with Crippen molar-refractivity contribution in [2.45, 2.75) is 80.6 Å². The number of terminal acetylenes is 1. The molecule has 0 amide bonds. The second-order valence-electron chi connectivity index (χ2n) is 6.80. The predicted molar refractivity (Wildman–Crippen MR) is 138 cm³/mol. The standard InChI is InChI=1S/C18H26.C7H9N.C2H6.C2H2/c1-6-8-17(9-7-2)15(5)18-12-10-16(11-13-18)14(3)4;1-2-7-4-3-5-8-6-7;2*1-2/h10-13H,3,6-9H2,1-2,4-5H3;3-6H,2H2,1H3;1-2H3;1-2H. The van der Waals surface area contributed by atoms with Crippen LogP contribution in [0.15, 0.2) is 60.9 Å². The van der Waals surface area contributed by atoms with Crippen molar-refractivity contribution in [2.75, 3.05) is 0 Å². The van der Waals surface area contributed by atoms with Crippen LogP contribution < -0.4 is 0 Å². The Bertz CT molecular complexity index is 710. The first-order chi connectivity index (χ1) is 14.5. The average molecular weight is 406 g/mol. The number of hydrogen-bond donors (Lipinski definition) is 0. The molecular formula is C29H43N. The Labute approximate surface area is 187 Å². The zero-order chi connectivity index (χ0) is 23.4. The van der Waals surface area contributed by atoms with Gasteiger partial charge in [0.1, 0.15) is 0 Å². The maximum Gasteiger partial charge on any atom is 0.0299 e. The van der Waals surface area contributed by atoms with Crippen LogP contribution in [0.2, 0.25) is 0 Å². The highest BCUT2D eigenvalue weighted by molar-refractivity contribution is 5.70. The topological polar surface area (TPSA) is 12.9 Å². The molecule has 1 heteroatoms. The van der Waals surface area contributed by atoms with Gasteiger partial charge in [-0.15, -0.1) is 12.8 Å². The van der Waals surface area contributed by atoms with Crippen LogP contribution in [0.4, 0.5) is 0 Å². The van der Waals surface area contributed by atoms with Crippen molar-refractivity contribution in [3.8, 4) is 12.8 Å². The second kappa shape index (κ2) is 19.7. The number of pyridine rings is 1. The van der Waals surface area contributed by atoms with Crippen molar-refractivity contribution in [3.05, 3.63) is 77.6 Å². The normalized spacial score (nSPS) is 8.83. The molecule has 0 saturated heterocycles. The zero-order valence-corrected chi connectivity index (χ0v) is 20.5. The number of hydrogen-bond acceptors (Lipinski definition) is 1. The van der Waals surface area contributed by atoms with E-state index in [4.69, 9.17) is 0 Å². The van der Waals surface area contributed by atoms with Crippen LogP contribution in [0, 0.1) is 12.8 Å². The molecule has 0 fully saturated rings. The fraction of sp³-hybridized carbons (Fsp3) is 0.414. The second-order valence-corrected chi connectivity index (χ2v) is 6.80. The summed E-state index contributed by atoms with van der Waals surface area (Å²) in [5, 5.41) is 0. The third kappa shape index (κ3) is 12.1. The molecule has 1 aromatic carbocycles.